The average molecular weight is 380 g/mol. The molecule has 1 saturated carbocycles. The third kappa shape index (κ3) is 3.78. The van der Waals surface area contributed by atoms with Crippen molar-refractivity contribution < 1.29 is 8.83 Å². The molecule has 0 radical (unpaired) electrons. The molecule has 1 aliphatic carbocycles. The van der Waals surface area contributed by atoms with Gasteiger partial charge in [0.25, 0.3) is 0 Å². The first-order valence-electron chi connectivity index (χ1n) is 8.39. The van der Waals surface area contributed by atoms with E-state index in [4.69, 9.17) is 37.8 Å². The van der Waals surface area contributed by atoms with Crippen molar-refractivity contribution in [3.05, 3.63) is 46.2 Å². The number of nitrogens with two attached hydrogens (primary N) is 1. The lowest BCUT2D eigenvalue weighted by molar-refractivity contribution is 0.486. The van der Waals surface area contributed by atoms with Crippen molar-refractivity contribution in [2.45, 2.75) is 38.3 Å². The highest BCUT2D eigenvalue weighted by molar-refractivity contribution is 6.36. The number of fused-ring (bicyclic) bond motifs is 1. The van der Waals surface area contributed by atoms with Crippen LogP contribution in [0.3, 0.4) is 0 Å². The molecule has 0 bridgehead atoms. The lowest BCUT2D eigenvalue weighted by atomic mass is 10.1. The summed E-state index contributed by atoms with van der Waals surface area (Å²) in [4.78, 5) is 4.32. The van der Waals surface area contributed by atoms with E-state index in [2.05, 4.69) is 10.3 Å². The summed E-state index contributed by atoms with van der Waals surface area (Å²) in [5, 5.41) is 4.11. The Bertz CT molecular complexity index is 872. The maximum atomic E-state index is 6.48. The minimum Gasteiger partial charge on any atom is -0.467 e. The maximum Gasteiger partial charge on any atom is 0.177 e. The number of hydrogen-bond acceptors (Lipinski definition) is 5. The molecule has 0 aromatic carbocycles. The number of anilines is 1. The average Bonchev–Trinajstić information content (AvgIpc) is 3.13. The van der Waals surface area contributed by atoms with Crippen LogP contribution < -0.4 is 11.1 Å². The quantitative estimate of drug-likeness (QED) is 0.564. The summed E-state index contributed by atoms with van der Waals surface area (Å²) in [5.74, 6) is 2.24. The highest BCUT2D eigenvalue weighted by Crippen LogP contribution is 2.38. The monoisotopic (exact) mass is 379 g/mol. The van der Waals surface area contributed by atoms with E-state index < -0.39 is 0 Å². The summed E-state index contributed by atoms with van der Waals surface area (Å²) >= 11 is 12.6. The Morgan fingerprint density at radius 1 is 1.36 bits per heavy atom. The predicted molar refractivity (Wildman–Crippen MR) is 99.1 cm³/mol. The van der Waals surface area contributed by atoms with Gasteiger partial charge in [0.2, 0.25) is 0 Å². The third-order valence-corrected chi connectivity index (χ3v) is 5.02. The molecular formula is C18H19Cl2N3O2. The van der Waals surface area contributed by atoms with Gasteiger partial charge < -0.3 is 19.9 Å². The molecule has 0 aliphatic heterocycles. The summed E-state index contributed by atoms with van der Waals surface area (Å²) in [5.41, 5.74) is 8.12. The van der Waals surface area contributed by atoms with E-state index in [1.54, 1.807) is 12.3 Å². The minimum absolute atomic E-state index is 0.0422. The first kappa shape index (κ1) is 16.8. The molecule has 0 unspecified atom stereocenters. The van der Waals surface area contributed by atoms with Crippen LogP contribution in [0.15, 0.2) is 33.3 Å². The van der Waals surface area contributed by atoms with Crippen LogP contribution in [0.2, 0.25) is 10.2 Å². The molecular weight excluding hydrogens is 361 g/mol. The number of rotatable bonds is 7. The number of halogens is 2. The van der Waals surface area contributed by atoms with Gasteiger partial charge in [-0.3, -0.25) is 0 Å². The second-order valence-electron chi connectivity index (χ2n) is 6.59. The molecule has 3 N–H and O–H groups in total. The van der Waals surface area contributed by atoms with E-state index in [0.29, 0.717) is 40.0 Å². The highest BCUT2D eigenvalue weighted by Gasteiger charge is 2.26. The molecule has 0 amide bonds. The van der Waals surface area contributed by atoms with E-state index in [-0.39, 0.29) is 6.04 Å². The fourth-order valence-electron chi connectivity index (χ4n) is 3.02. The van der Waals surface area contributed by atoms with Gasteiger partial charge in [0.15, 0.2) is 5.58 Å². The fourth-order valence-corrected chi connectivity index (χ4v) is 3.45. The molecule has 132 valence electrons. The van der Waals surface area contributed by atoms with Gasteiger partial charge in [0.05, 0.1) is 18.5 Å². The molecule has 3 aromatic heterocycles. The van der Waals surface area contributed by atoms with Crippen molar-refractivity contribution in [2.75, 3.05) is 5.32 Å². The van der Waals surface area contributed by atoms with Gasteiger partial charge in [0, 0.05) is 18.5 Å². The summed E-state index contributed by atoms with van der Waals surface area (Å²) in [6.45, 7) is 0.511. The van der Waals surface area contributed by atoms with Crippen molar-refractivity contribution in [1.29, 1.82) is 0 Å². The van der Waals surface area contributed by atoms with Crippen molar-refractivity contribution in [3.63, 3.8) is 0 Å². The first-order chi connectivity index (χ1) is 12.1. The minimum atomic E-state index is 0.0422. The summed E-state index contributed by atoms with van der Waals surface area (Å²) in [7, 11) is 0. The van der Waals surface area contributed by atoms with E-state index in [9.17, 15) is 0 Å². The van der Waals surface area contributed by atoms with E-state index in [0.717, 1.165) is 23.8 Å². The van der Waals surface area contributed by atoms with Crippen LogP contribution in [0.5, 0.6) is 0 Å². The Hall–Kier alpha value is -1.69. The van der Waals surface area contributed by atoms with Crippen LogP contribution in [-0.2, 0) is 13.0 Å². The third-order valence-electron chi connectivity index (χ3n) is 4.43. The van der Waals surface area contributed by atoms with Crippen LogP contribution in [-0.4, -0.2) is 11.0 Å². The SMILES string of the molecule is N[C@H](Cc1oc2c(NCc3ccco3)cc(Cl)nc2c1Cl)CC1CC1. The summed E-state index contributed by atoms with van der Waals surface area (Å²) < 4.78 is 11.3. The zero-order valence-electron chi connectivity index (χ0n) is 13.6. The highest BCUT2D eigenvalue weighted by atomic mass is 35.5. The standard InChI is InChI=1S/C18H19Cl2N3O2/c19-15-8-13(22-9-12-2-1-5-24-12)18-17(23-15)16(20)14(25-18)7-11(21)6-10-3-4-10/h1-2,5,8,10-11H,3-4,6-7,9,21H2,(H,22,23)/t11-/m0/s1. The Labute approximate surface area is 155 Å². The Kier molecular flexibility index (Phi) is 4.63. The molecule has 7 heteroatoms. The van der Waals surface area contributed by atoms with Crippen molar-refractivity contribution in [2.24, 2.45) is 11.7 Å². The predicted octanol–water partition coefficient (Wildman–Crippen LogP) is 5.01. The second kappa shape index (κ2) is 6.90. The smallest absolute Gasteiger partial charge is 0.177 e. The van der Waals surface area contributed by atoms with Gasteiger partial charge in [0.1, 0.15) is 27.2 Å². The molecule has 0 spiro atoms. The lowest BCUT2D eigenvalue weighted by Crippen LogP contribution is -2.23. The van der Waals surface area contributed by atoms with E-state index in [1.807, 2.05) is 12.1 Å². The Morgan fingerprint density at radius 3 is 2.92 bits per heavy atom. The van der Waals surface area contributed by atoms with Crippen LogP contribution in [0.1, 0.15) is 30.8 Å². The van der Waals surface area contributed by atoms with Gasteiger partial charge in [-0.25, -0.2) is 4.98 Å². The second-order valence-corrected chi connectivity index (χ2v) is 7.35. The van der Waals surface area contributed by atoms with Crippen LogP contribution >= 0.6 is 23.2 Å². The Balaban J connectivity index is 1.60. The maximum absolute atomic E-state index is 6.48. The van der Waals surface area contributed by atoms with Gasteiger partial charge in [-0.1, -0.05) is 36.0 Å². The van der Waals surface area contributed by atoms with Crippen LogP contribution in [0.4, 0.5) is 5.69 Å². The molecule has 3 aromatic rings. The normalized spacial score (nSPS) is 15.6. The van der Waals surface area contributed by atoms with Gasteiger partial charge in [-0.2, -0.15) is 0 Å². The number of pyridine rings is 1. The van der Waals surface area contributed by atoms with E-state index in [1.165, 1.54) is 12.8 Å². The summed E-state index contributed by atoms with van der Waals surface area (Å²) in [6.07, 6.45) is 5.79. The number of nitrogens with one attached hydrogen (secondary N) is 1. The van der Waals surface area contributed by atoms with Gasteiger partial charge >= 0.3 is 0 Å². The van der Waals surface area contributed by atoms with Crippen molar-refractivity contribution >= 4 is 40.0 Å². The van der Waals surface area contributed by atoms with Gasteiger partial charge in [-0.05, 0) is 24.5 Å². The zero-order valence-corrected chi connectivity index (χ0v) is 15.1. The molecule has 1 fully saturated rings. The first-order valence-corrected chi connectivity index (χ1v) is 9.15. The molecule has 1 aliphatic rings. The molecule has 4 rings (SSSR count). The van der Waals surface area contributed by atoms with Crippen molar-refractivity contribution in [3.8, 4) is 0 Å². The number of furan rings is 2. The topological polar surface area (TPSA) is 77.2 Å². The molecule has 25 heavy (non-hydrogen) atoms. The Morgan fingerprint density at radius 2 is 2.20 bits per heavy atom. The van der Waals surface area contributed by atoms with Crippen molar-refractivity contribution in [1.82, 2.24) is 4.98 Å². The fraction of sp³-hybridized carbons (Fsp3) is 0.389. The largest absolute Gasteiger partial charge is 0.467 e. The number of hydrogen-bond donors (Lipinski definition) is 2. The van der Waals surface area contributed by atoms with E-state index >= 15 is 0 Å². The molecule has 1 atom stereocenters. The molecule has 3 heterocycles. The molecule has 5 nitrogen and oxygen atoms in total. The zero-order chi connectivity index (χ0) is 17.4. The number of nitrogens with zero attached hydrogens (tertiary/aromatic N) is 1. The van der Waals surface area contributed by atoms with Gasteiger partial charge in [-0.15, -0.1) is 0 Å². The van der Waals surface area contributed by atoms with Crippen LogP contribution in [0, 0.1) is 5.92 Å². The van der Waals surface area contributed by atoms with Crippen LogP contribution in [0.25, 0.3) is 11.1 Å². The lowest BCUT2D eigenvalue weighted by Gasteiger charge is -2.08. The summed E-state index contributed by atoms with van der Waals surface area (Å²) in [6, 6.07) is 5.50. The molecule has 0 saturated heterocycles. The number of aromatic nitrogens is 1.